The zero-order chi connectivity index (χ0) is 23.8. The molecule has 168 valence electrons. The summed E-state index contributed by atoms with van der Waals surface area (Å²) in [7, 11) is 0. The number of aliphatic carboxylic acids is 1. The van der Waals surface area contributed by atoms with Crippen molar-refractivity contribution in [3.63, 3.8) is 0 Å². The second-order valence-corrected chi connectivity index (χ2v) is 7.16. The van der Waals surface area contributed by atoms with Gasteiger partial charge < -0.3 is 19.9 Å². The number of nitrogens with one attached hydrogen (secondary N) is 1. The topological polar surface area (TPSA) is 119 Å². The third kappa shape index (κ3) is 6.41. The smallest absolute Gasteiger partial charge is 0.349 e. The molecule has 0 saturated carbocycles. The Balaban J connectivity index is 1.90. The van der Waals surface area contributed by atoms with Crippen LogP contribution in [-0.4, -0.2) is 41.1 Å². The largest absolute Gasteiger partial charge is 0.478 e. The van der Waals surface area contributed by atoms with Crippen molar-refractivity contribution in [1.82, 2.24) is 0 Å². The van der Waals surface area contributed by atoms with Gasteiger partial charge in [-0.05, 0) is 42.5 Å². The number of anilines is 1. The molecule has 8 nitrogen and oxygen atoms in total. The molecule has 0 spiro atoms. The first-order chi connectivity index (χ1) is 15.8. The molecule has 3 aromatic carbocycles. The first-order valence-corrected chi connectivity index (χ1v) is 10.0. The highest BCUT2D eigenvalue weighted by Gasteiger charge is 2.41. The fourth-order valence-corrected chi connectivity index (χ4v) is 2.98. The lowest BCUT2D eigenvalue weighted by Gasteiger charge is -2.23. The molecule has 0 aliphatic rings. The van der Waals surface area contributed by atoms with Crippen LogP contribution in [-0.2, 0) is 19.1 Å². The van der Waals surface area contributed by atoms with Crippen LogP contribution in [0.1, 0.15) is 20.7 Å². The van der Waals surface area contributed by atoms with Crippen LogP contribution < -0.4 is 5.32 Å². The van der Waals surface area contributed by atoms with E-state index in [1.807, 2.05) is 0 Å². The van der Waals surface area contributed by atoms with Crippen molar-refractivity contribution in [2.24, 2.45) is 0 Å². The van der Waals surface area contributed by atoms with E-state index in [1.165, 1.54) is 36.4 Å². The van der Waals surface area contributed by atoms with Crippen LogP contribution in [0.4, 0.5) is 5.69 Å². The summed E-state index contributed by atoms with van der Waals surface area (Å²) in [5, 5.41) is 12.5. The van der Waals surface area contributed by atoms with E-state index in [2.05, 4.69) is 5.32 Å². The second kappa shape index (κ2) is 10.9. The number of benzene rings is 3. The Morgan fingerprint density at radius 1 is 0.727 bits per heavy atom. The summed E-state index contributed by atoms with van der Waals surface area (Å²) in [4.78, 5) is 50.0. The maximum Gasteiger partial charge on any atom is 0.349 e. The fourth-order valence-electron chi connectivity index (χ4n) is 2.79. The number of halogens is 1. The lowest BCUT2D eigenvalue weighted by molar-refractivity contribution is -0.157. The molecule has 2 N–H and O–H groups in total. The van der Waals surface area contributed by atoms with Gasteiger partial charge in [0.05, 0.1) is 11.1 Å². The quantitative estimate of drug-likeness (QED) is 0.483. The van der Waals surface area contributed by atoms with Gasteiger partial charge in [0.1, 0.15) is 0 Å². The normalized spacial score (nSPS) is 12.2. The van der Waals surface area contributed by atoms with Gasteiger partial charge in [-0.3, -0.25) is 4.79 Å². The zero-order valence-corrected chi connectivity index (χ0v) is 17.8. The van der Waals surface area contributed by atoms with E-state index in [0.717, 1.165) is 0 Å². The minimum Gasteiger partial charge on any atom is -0.478 e. The molecule has 9 heteroatoms. The molecular formula is C24H18ClNO7. The number of ether oxygens (including phenoxy) is 2. The Kier molecular flexibility index (Phi) is 7.77. The van der Waals surface area contributed by atoms with Gasteiger partial charge in [0, 0.05) is 10.7 Å². The molecule has 0 fully saturated rings. The number of hydrogen-bond acceptors (Lipinski definition) is 6. The van der Waals surface area contributed by atoms with Crippen molar-refractivity contribution in [3.05, 3.63) is 101 Å². The third-order valence-electron chi connectivity index (χ3n) is 4.36. The number of hydrogen-bond donors (Lipinski definition) is 2. The lowest BCUT2D eigenvalue weighted by Crippen LogP contribution is -2.48. The third-order valence-corrected chi connectivity index (χ3v) is 4.59. The Bertz CT molecular complexity index is 1150. The molecule has 0 saturated heterocycles. The maximum absolute atomic E-state index is 13.0. The highest BCUT2D eigenvalue weighted by molar-refractivity contribution is 6.30. The van der Waals surface area contributed by atoms with E-state index in [9.17, 15) is 24.3 Å². The number of carbonyl (C=O) groups is 4. The monoisotopic (exact) mass is 467 g/mol. The summed E-state index contributed by atoms with van der Waals surface area (Å²) in [6, 6.07) is 21.3. The summed E-state index contributed by atoms with van der Waals surface area (Å²) in [6.07, 6.45) is -4.12. The average molecular weight is 468 g/mol. The standard InChI is InChI=1S/C24H18ClNO7/c25-17-12-7-13-18(14-17)26-21(27)19(32-23(30)15-8-3-1-4-9-15)20(22(28)29)33-24(31)16-10-5-2-6-11-16/h1-14,19-20H,(H,26,27)(H,28,29). The predicted octanol–water partition coefficient (Wildman–Crippen LogP) is 3.81. The van der Waals surface area contributed by atoms with Crippen LogP contribution in [0.5, 0.6) is 0 Å². The summed E-state index contributed by atoms with van der Waals surface area (Å²) in [5.41, 5.74) is 0.371. The molecule has 0 aliphatic heterocycles. The van der Waals surface area contributed by atoms with Crippen molar-refractivity contribution in [3.8, 4) is 0 Å². The van der Waals surface area contributed by atoms with Crippen LogP contribution in [0.2, 0.25) is 5.02 Å². The van der Waals surface area contributed by atoms with Crippen LogP contribution in [0.3, 0.4) is 0 Å². The van der Waals surface area contributed by atoms with Crippen LogP contribution in [0.25, 0.3) is 0 Å². The molecular weight excluding hydrogens is 450 g/mol. The Morgan fingerprint density at radius 3 is 1.73 bits per heavy atom. The van der Waals surface area contributed by atoms with Crippen LogP contribution >= 0.6 is 11.6 Å². The minimum atomic E-state index is -2.12. The van der Waals surface area contributed by atoms with Crippen molar-refractivity contribution >= 4 is 41.1 Å². The van der Waals surface area contributed by atoms with Crippen molar-refractivity contribution in [1.29, 1.82) is 0 Å². The number of carboxylic acid groups (broad SMARTS) is 1. The van der Waals surface area contributed by atoms with Gasteiger partial charge in [0.25, 0.3) is 5.91 Å². The Morgan fingerprint density at radius 2 is 1.24 bits per heavy atom. The Hall–Kier alpha value is -4.17. The maximum atomic E-state index is 13.0. The van der Waals surface area contributed by atoms with E-state index >= 15 is 0 Å². The number of esters is 2. The Labute approximate surface area is 193 Å². The van der Waals surface area contributed by atoms with Gasteiger partial charge in [-0.2, -0.15) is 0 Å². The number of rotatable bonds is 8. The lowest BCUT2D eigenvalue weighted by atomic mass is 10.1. The molecule has 3 rings (SSSR count). The summed E-state index contributed by atoms with van der Waals surface area (Å²) >= 11 is 5.92. The van der Waals surface area contributed by atoms with Gasteiger partial charge >= 0.3 is 17.9 Å². The van der Waals surface area contributed by atoms with Crippen molar-refractivity contribution in [2.75, 3.05) is 5.32 Å². The van der Waals surface area contributed by atoms with Gasteiger partial charge in [-0.15, -0.1) is 0 Å². The molecule has 33 heavy (non-hydrogen) atoms. The molecule has 2 unspecified atom stereocenters. The van der Waals surface area contributed by atoms with Crippen LogP contribution in [0, 0.1) is 0 Å². The first kappa shape index (κ1) is 23.5. The van der Waals surface area contributed by atoms with Gasteiger partial charge in [-0.25, -0.2) is 14.4 Å². The molecule has 0 bridgehead atoms. The van der Waals surface area contributed by atoms with Gasteiger partial charge in [0.15, 0.2) is 0 Å². The number of carboxylic acids is 1. The van der Waals surface area contributed by atoms with E-state index in [-0.39, 0.29) is 16.8 Å². The fraction of sp³-hybridized carbons (Fsp3) is 0.0833. The van der Waals surface area contributed by atoms with E-state index < -0.39 is 36.0 Å². The zero-order valence-electron chi connectivity index (χ0n) is 17.0. The number of amides is 1. The van der Waals surface area contributed by atoms with Crippen molar-refractivity contribution in [2.45, 2.75) is 12.2 Å². The van der Waals surface area contributed by atoms with Crippen LogP contribution in [0.15, 0.2) is 84.9 Å². The summed E-state index contributed by atoms with van der Waals surface area (Å²) in [6.45, 7) is 0. The second-order valence-electron chi connectivity index (χ2n) is 6.72. The molecule has 0 radical (unpaired) electrons. The highest BCUT2D eigenvalue weighted by Crippen LogP contribution is 2.18. The van der Waals surface area contributed by atoms with E-state index in [4.69, 9.17) is 21.1 Å². The molecule has 0 aromatic heterocycles. The van der Waals surface area contributed by atoms with Gasteiger partial charge in [-0.1, -0.05) is 54.1 Å². The molecule has 2 atom stereocenters. The molecule has 1 amide bonds. The minimum absolute atomic E-state index is 0.0622. The summed E-state index contributed by atoms with van der Waals surface area (Å²) < 4.78 is 10.3. The number of carbonyl (C=O) groups excluding carboxylic acids is 3. The predicted molar refractivity (Wildman–Crippen MR) is 119 cm³/mol. The molecule has 3 aromatic rings. The average Bonchev–Trinajstić information content (AvgIpc) is 2.82. The van der Waals surface area contributed by atoms with E-state index in [1.54, 1.807) is 48.5 Å². The highest BCUT2D eigenvalue weighted by atomic mass is 35.5. The van der Waals surface area contributed by atoms with E-state index in [0.29, 0.717) is 5.02 Å². The molecule has 0 heterocycles. The first-order valence-electron chi connectivity index (χ1n) is 9.66. The summed E-state index contributed by atoms with van der Waals surface area (Å²) in [5.74, 6) is -4.66. The van der Waals surface area contributed by atoms with Gasteiger partial charge in [0.2, 0.25) is 12.2 Å². The van der Waals surface area contributed by atoms with Crippen molar-refractivity contribution < 1.29 is 33.8 Å². The SMILES string of the molecule is O=C(OC(C(=O)O)C(OC(=O)c1ccccc1)C(=O)Nc1cccc(Cl)c1)c1ccccc1. The molecule has 0 aliphatic carbocycles.